The molecule has 1 N–H and O–H groups in total. The molecule has 0 spiro atoms. The highest BCUT2D eigenvalue weighted by molar-refractivity contribution is 5.92. The van der Waals surface area contributed by atoms with Crippen molar-refractivity contribution in [1.29, 1.82) is 0 Å². The van der Waals surface area contributed by atoms with Gasteiger partial charge in [0, 0.05) is 18.2 Å². The maximum absolute atomic E-state index is 12.0. The van der Waals surface area contributed by atoms with Crippen LogP contribution in [0.2, 0.25) is 0 Å². The minimum absolute atomic E-state index is 0.0538. The third kappa shape index (κ3) is 4.77. The second-order valence-corrected chi connectivity index (χ2v) is 6.35. The molecule has 0 saturated heterocycles. The Morgan fingerprint density at radius 3 is 2.82 bits per heavy atom. The van der Waals surface area contributed by atoms with Crippen LogP contribution in [0.5, 0.6) is 6.01 Å². The molecule has 0 radical (unpaired) electrons. The molecule has 0 aliphatic heterocycles. The first-order valence-electron chi connectivity index (χ1n) is 9.21. The summed E-state index contributed by atoms with van der Waals surface area (Å²) < 4.78 is 18.0. The van der Waals surface area contributed by atoms with Gasteiger partial charge in [-0.2, -0.15) is 4.98 Å². The smallest absolute Gasteiger partial charge is 0.336 e. The van der Waals surface area contributed by atoms with Crippen LogP contribution in [0.25, 0.3) is 17.3 Å². The number of hydrogen-bond acceptors (Lipinski definition) is 6. The number of aromatic nitrogens is 3. The number of anilines is 1. The molecule has 0 fully saturated rings. The summed E-state index contributed by atoms with van der Waals surface area (Å²) in [7, 11) is 0. The van der Waals surface area contributed by atoms with Crippen molar-refractivity contribution < 1.29 is 18.7 Å². The Hall–Kier alpha value is -3.13. The van der Waals surface area contributed by atoms with Crippen LogP contribution in [0.4, 0.5) is 5.69 Å². The molecule has 1 amide bonds. The van der Waals surface area contributed by atoms with Gasteiger partial charge in [-0.25, -0.2) is 4.68 Å². The number of nitrogens with one attached hydrogen (secondary N) is 1. The minimum atomic E-state index is -0.112. The van der Waals surface area contributed by atoms with E-state index in [4.69, 9.17) is 13.9 Å². The van der Waals surface area contributed by atoms with Gasteiger partial charge in [0.15, 0.2) is 5.76 Å². The molecule has 0 bridgehead atoms. The Morgan fingerprint density at radius 1 is 1.25 bits per heavy atom. The van der Waals surface area contributed by atoms with Crippen molar-refractivity contribution in [3.8, 4) is 23.3 Å². The number of rotatable bonds is 9. The van der Waals surface area contributed by atoms with Crippen molar-refractivity contribution in [3.05, 3.63) is 42.7 Å². The highest BCUT2D eigenvalue weighted by atomic mass is 16.5. The molecular weight excluding hydrogens is 360 g/mol. The van der Waals surface area contributed by atoms with Crippen molar-refractivity contribution in [3.63, 3.8) is 0 Å². The molecule has 0 aliphatic rings. The second-order valence-electron chi connectivity index (χ2n) is 6.35. The Kier molecular flexibility index (Phi) is 6.44. The number of amides is 1. The van der Waals surface area contributed by atoms with Crippen LogP contribution in [0.3, 0.4) is 0 Å². The van der Waals surface area contributed by atoms with Crippen LogP contribution in [0, 0.1) is 5.92 Å². The second kappa shape index (κ2) is 9.18. The molecule has 8 heteroatoms. The van der Waals surface area contributed by atoms with Crippen LogP contribution in [-0.2, 0) is 9.53 Å². The van der Waals surface area contributed by atoms with Gasteiger partial charge in [0.05, 0.1) is 18.6 Å². The average molecular weight is 384 g/mol. The first-order valence-corrected chi connectivity index (χ1v) is 9.21. The van der Waals surface area contributed by atoms with Gasteiger partial charge in [-0.05, 0) is 37.3 Å². The maximum Gasteiger partial charge on any atom is 0.336 e. The average Bonchev–Trinajstić information content (AvgIpc) is 3.35. The van der Waals surface area contributed by atoms with Crippen LogP contribution in [0.1, 0.15) is 20.8 Å². The highest BCUT2D eigenvalue weighted by Gasteiger charge is 2.17. The first-order chi connectivity index (χ1) is 13.6. The van der Waals surface area contributed by atoms with Crippen LogP contribution >= 0.6 is 0 Å². The quantitative estimate of drug-likeness (QED) is 0.568. The molecule has 1 aromatic carbocycles. The molecule has 0 saturated carbocycles. The molecule has 3 aromatic rings. The summed E-state index contributed by atoms with van der Waals surface area (Å²) in [5.74, 6) is 0.897. The predicted molar refractivity (Wildman–Crippen MR) is 105 cm³/mol. The van der Waals surface area contributed by atoms with Crippen molar-refractivity contribution in [2.45, 2.75) is 20.8 Å². The zero-order chi connectivity index (χ0) is 19.9. The number of nitrogens with zero attached hydrogens (tertiary/aromatic N) is 3. The summed E-state index contributed by atoms with van der Waals surface area (Å²) in [6.07, 6.45) is 1.57. The van der Waals surface area contributed by atoms with Crippen molar-refractivity contribution in [1.82, 2.24) is 14.8 Å². The molecular formula is C20H24N4O4. The monoisotopic (exact) mass is 384 g/mol. The standard InChI is InChI=1S/C20H24N4O4/c1-4-26-11-12-28-20-22-18(17-9-6-10-27-17)24(23-20)16-8-5-7-15(13-16)21-19(25)14(2)3/h5-10,13-14H,4,11-12H2,1-3H3,(H,21,25). The van der Waals surface area contributed by atoms with Gasteiger partial charge >= 0.3 is 6.01 Å². The number of benzene rings is 1. The van der Waals surface area contributed by atoms with Gasteiger partial charge in [-0.3, -0.25) is 4.79 Å². The molecule has 0 unspecified atom stereocenters. The van der Waals surface area contributed by atoms with Crippen LogP contribution in [0.15, 0.2) is 47.1 Å². The third-order valence-electron chi connectivity index (χ3n) is 3.87. The summed E-state index contributed by atoms with van der Waals surface area (Å²) in [6.45, 7) is 7.04. The Balaban J connectivity index is 1.89. The number of ether oxygens (including phenoxy) is 2. The first kappa shape index (κ1) is 19.6. The topological polar surface area (TPSA) is 91.4 Å². The Labute approximate surface area is 163 Å². The fraction of sp³-hybridized carbons (Fsp3) is 0.350. The molecule has 28 heavy (non-hydrogen) atoms. The van der Waals surface area contributed by atoms with Gasteiger partial charge in [-0.1, -0.05) is 19.9 Å². The maximum atomic E-state index is 12.0. The molecule has 2 aromatic heterocycles. The molecule has 0 aliphatic carbocycles. The lowest BCUT2D eigenvalue weighted by molar-refractivity contribution is -0.118. The molecule has 2 heterocycles. The molecule has 3 rings (SSSR count). The van der Waals surface area contributed by atoms with E-state index in [-0.39, 0.29) is 17.8 Å². The minimum Gasteiger partial charge on any atom is -0.461 e. The summed E-state index contributed by atoms with van der Waals surface area (Å²) in [5.41, 5.74) is 1.40. The number of hydrogen-bond donors (Lipinski definition) is 1. The van der Waals surface area contributed by atoms with E-state index in [9.17, 15) is 4.79 Å². The Bertz CT molecular complexity index is 903. The lowest BCUT2D eigenvalue weighted by Gasteiger charge is -2.10. The van der Waals surface area contributed by atoms with E-state index in [0.717, 1.165) is 5.69 Å². The van der Waals surface area contributed by atoms with Crippen molar-refractivity contribution in [2.24, 2.45) is 5.92 Å². The summed E-state index contributed by atoms with van der Waals surface area (Å²) >= 11 is 0. The SMILES string of the molecule is CCOCCOc1nc(-c2ccco2)n(-c2cccc(NC(=O)C(C)C)c2)n1. The van der Waals surface area contributed by atoms with Crippen LogP contribution < -0.4 is 10.1 Å². The van der Waals surface area contributed by atoms with E-state index < -0.39 is 0 Å². The van der Waals surface area contributed by atoms with Crippen molar-refractivity contribution in [2.75, 3.05) is 25.1 Å². The van der Waals surface area contributed by atoms with E-state index in [0.29, 0.717) is 37.1 Å². The van der Waals surface area contributed by atoms with Gasteiger partial charge in [0.2, 0.25) is 11.7 Å². The van der Waals surface area contributed by atoms with E-state index in [1.54, 1.807) is 23.1 Å². The molecule has 8 nitrogen and oxygen atoms in total. The lowest BCUT2D eigenvalue weighted by atomic mass is 10.2. The number of carbonyl (C=O) groups is 1. The summed E-state index contributed by atoms with van der Waals surface area (Å²) in [4.78, 5) is 16.4. The van der Waals surface area contributed by atoms with Gasteiger partial charge in [-0.15, -0.1) is 5.10 Å². The van der Waals surface area contributed by atoms with E-state index in [1.165, 1.54) is 0 Å². The fourth-order valence-corrected chi connectivity index (χ4v) is 2.44. The molecule has 148 valence electrons. The molecule has 0 atom stereocenters. The zero-order valence-electron chi connectivity index (χ0n) is 16.2. The third-order valence-corrected chi connectivity index (χ3v) is 3.87. The van der Waals surface area contributed by atoms with E-state index in [1.807, 2.05) is 45.0 Å². The highest BCUT2D eigenvalue weighted by Crippen LogP contribution is 2.25. The zero-order valence-corrected chi connectivity index (χ0v) is 16.2. The fourth-order valence-electron chi connectivity index (χ4n) is 2.44. The van der Waals surface area contributed by atoms with Gasteiger partial charge in [0.25, 0.3) is 0 Å². The normalized spacial score (nSPS) is 11.0. The lowest BCUT2D eigenvalue weighted by Crippen LogP contribution is -2.17. The predicted octanol–water partition coefficient (Wildman–Crippen LogP) is 3.54. The van der Waals surface area contributed by atoms with Gasteiger partial charge in [0.1, 0.15) is 6.61 Å². The largest absolute Gasteiger partial charge is 0.461 e. The number of carbonyl (C=O) groups excluding carboxylic acids is 1. The van der Waals surface area contributed by atoms with E-state index in [2.05, 4.69) is 15.4 Å². The summed E-state index contributed by atoms with van der Waals surface area (Å²) in [5, 5.41) is 7.33. The van der Waals surface area contributed by atoms with Crippen molar-refractivity contribution >= 4 is 11.6 Å². The number of furan rings is 1. The van der Waals surface area contributed by atoms with E-state index >= 15 is 0 Å². The van der Waals surface area contributed by atoms with Gasteiger partial charge < -0.3 is 19.2 Å². The Morgan fingerprint density at radius 2 is 2.11 bits per heavy atom. The van der Waals surface area contributed by atoms with Crippen LogP contribution in [-0.4, -0.2) is 40.5 Å². The summed E-state index contributed by atoms with van der Waals surface area (Å²) in [6, 6.07) is 11.2.